The molecule has 0 aromatic rings. The third-order valence-electron chi connectivity index (χ3n) is 10.3. The quantitative estimate of drug-likeness (QED) is 0.153. The van der Waals surface area contributed by atoms with Crippen molar-refractivity contribution in [2.45, 2.75) is 113 Å². The lowest BCUT2D eigenvalue weighted by Crippen LogP contribution is -2.60. The smallest absolute Gasteiger partial charge is 0.303 e. The summed E-state index contributed by atoms with van der Waals surface area (Å²) in [6.45, 7) is 17.5. The Bertz CT molecular complexity index is 1140. The minimum absolute atomic E-state index is 0.0410. The Kier molecular flexibility index (Phi) is 9.76. The van der Waals surface area contributed by atoms with E-state index in [-0.39, 0.29) is 59.2 Å². The number of rotatable bonds is 8. The molecule has 0 bridgehead atoms. The van der Waals surface area contributed by atoms with Crippen LogP contribution in [0.15, 0.2) is 46.6 Å². The minimum atomic E-state index is -0.531. The third kappa shape index (κ3) is 6.07. The zero-order chi connectivity index (χ0) is 30.0. The molecule has 6 nitrogen and oxygen atoms in total. The van der Waals surface area contributed by atoms with Crippen LogP contribution in [0.3, 0.4) is 0 Å². The molecule has 0 amide bonds. The molecule has 0 unspecified atom stereocenters. The SMILES string of the molecule is CC(=O)O[C@@H](CC=C(C)C)/C(C)=C/C=C/C(C)=C1\C(=O)C[C@H]2[C@@]3(C)CC[C@@H](OC(C)=O)[C@](C)(CO)[C@@H]3CC[C@]12C. The van der Waals surface area contributed by atoms with Crippen LogP contribution < -0.4 is 0 Å². The summed E-state index contributed by atoms with van der Waals surface area (Å²) in [6, 6.07) is 0. The molecule has 3 fully saturated rings. The van der Waals surface area contributed by atoms with Gasteiger partial charge in [-0.15, -0.1) is 0 Å². The van der Waals surface area contributed by atoms with E-state index in [4.69, 9.17) is 9.47 Å². The second-order valence-electron chi connectivity index (χ2n) is 13.4. The summed E-state index contributed by atoms with van der Waals surface area (Å²) in [6.07, 6.45) is 11.8. The van der Waals surface area contributed by atoms with E-state index in [1.807, 2.05) is 45.9 Å². The second-order valence-corrected chi connectivity index (χ2v) is 13.4. The summed E-state index contributed by atoms with van der Waals surface area (Å²) in [5, 5.41) is 10.6. The maximum atomic E-state index is 13.6. The summed E-state index contributed by atoms with van der Waals surface area (Å²) in [4.78, 5) is 37.1. The van der Waals surface area contributed by atoms with E-state index < -0.39 is 5.41 Å². The average Bonchev–Trinajstić information content (AvgIpc) is 3.14. The van der Waals surface area contributed by atoms with Crippen molar-refractivity contribution >= 4 is 17.7 Å². The molecule has 40 heavy (non-hydrogen) atoms. The third-order valence-corrected chi connectivity index (χ3v) is 10.3. The van der Waals surface area contributed by atoms with Crippen LogP contribution >= 0.6 is 0 Å². The number of aliphatic hydroxyl groups excluding tert-OH is 1. The van der Waals surface area contributed by atoms with Crippen molar-refractivity contribution in [2.24, 2.45) is 28.1 Å². The van der Waals surface area contributed by atoms with Gasteiger partial charge in [0, 0.05) is 43.1 Å². The minimum Gasteiger partial charge on any atom is -0.462 e. The summed E-state index contributed by atoms with van der Waals surface area (Å²) in [5.41, 5.74) is 3.11. The highest BCUT2D eigenvalue weighted by atomic mass is 16.5. The Hall–Kier alpha value is -2.47. The fourth-order valence-electron chi connectivity index (χ4n) is 8.39. The Morgan fingerprint density at radius 2 is 1.68 bits per heavy atom. The molecule has 1 N–H and O–H groups in total. The van der Waals surface area contributed by atoms with Crippen LogP contribution in [0.2, 0.25) is 0 Å². The highest BCUT2D eigenvalue weighted by Gasteiger charge is 2.66. The number of fused-ring (bicyclic) bond motifs is 3. The lowest BCUT2D eigenvalue weighted by atomic mass is 9.43. The van der Waals surface area contributed by atoms with Crippen molar-refractivity contribution in [2.75, 3.05) is 6.61 Å². The van der Waals surface area contributed by atoms with E-state index in [1.54, 1.807) is 0 Å². The van der Waals surface area contributed by atoms with E-state index in [0.29, 0.717) is 19.3 Å². The molecule has 3 saturated carbocycles. The first-order chi connectivity index (χ1) is 18.6. The number of esters is 2. The number of hydrogen-bond donors (Lipinski definition) is 1. The molecule has 0 radical (unpaired) electrons. The molecule has 3 aliphatic carbocycles. The highest BCUT2D eigenvalue weighted by molar-refractivity contribution is 6.00. The van der Waals surface area contributed by atoms with E-state index in [2.05, 4.69) is 26.8 Å². The lowest BCUT2D eigenvalue weighted by Gasteiger charge is -2.62. The van der Waals surface area contributed by atoms with E-state index >= 15 is 0 Å². The summed E-state index contributed by atoms with van der Waals surface area (Å²) in [7, 11) is 0. The largest absolute Gasteiger partial charge is 0.462 e. The molecule has 0 saturated heterocycles. The van der Waals surface area contributed by atoms with E-state index in [1.165, 1.54) is 19.4 Å². The van der Waals surface area contributed by atoms with Crippen LogP contribution in [0.25, 0.3) is 0 Å². The molecular weight excluding hydrogens is 504 g/mol. The van der Waals surface area contributed by atoms with Crippen LogP contribution in [0.1, 0.15) is 101 Å². The zero-order valence-electron chi connectivity index (χ0n) is 26.1. The van der Waals surface area contributed by atoms with Crippen molar-refractivity contribution in [1.29, 1.82) is 0 Å². The molecule has 0 spiro atoms. The Morgan fingerprint density at radius 1 is 1.00 bits per heavy atom. The van der Waals surface area contributed by atoms with Gasteiger partial charge in [0.1, 0.15) is 12.2 Å². The fraction of sp³-hybridized carbons (Fsp3) is 0.676. The normalized spacial score (nSPS) is 36.0. The molecule has 0 aliphatic heterocycles. The number of ether oxygens (including phenoxy) is 2. The van der Waals surface area contributed by atoms with Gasteiger partial charge in [-0.3, -0.25) is 14.4 Å². The van der Waals surface area contributed by atoms with Crippen LogP contribution in [0.5, 0.6) is 0 Å². The Morgan fingerprint density at radius 3 is 2.25 bits per heavy atom. The van der Waals surface area contributed by atoms with Crippen molar-refractivity contribution in [3.05, 3.63) is 46.6 Å². The summed E-state index contributed by atoms with van der Waals surface area (Å²) in [5.74, 6) is -0.0670. The lowest BCUT2D eigenvalue weighted by molar-refractivity contribution is -0.198. The van der Waals surface area contributed by atoms with Gasteiger partial charge < -0.3 is 14.6 Å². The molecule has 3 aliphatic rings. The standard InChI is InChI=1S/C34H50O6/c1-21(2)13-14-27(39-24(5)36)22(3)11-10-12-23(4)31-26(38)19-29-32(7)18-16-30(40-25(6)37)34(9,20-35)28(32)15-17-33(29,31)8/h10-13,27-30,35H,14-20H2,1-9H3/b12-10+,22-11+,31-23+/t27-,28+,29-,30+,32-,33-,34+/m0/s1. The fourth-order valence-corrected chi connectivity index (χ4v) is 8.39. The topological polar surface area (TPSA) is 89.9 Å². The summed E-state index contributed by atoms with van der Waals surface area (Å²) >= 11 is 0. The maximum Gasteiger partial charge on any atom is 0.303 e. The van der Waals surface area contributed by atoms with Crippen LogP contribution in [0, 0.1) is 28.1 Å². The predicted molar refractivity (Wildman–Crippen MR) is 157 cm³/mol. The van der Waals surface area contributed by atoms with Crippen molar-refractivity contribution < 1.29 is 29.0 Å². The summed E-state index contributed by atoms with van der Waals surface area (Å²) < 4.78 is 11.3. The number of ketones is 1. The Balaban J connectivity index is 1.90. The van der Waals surface area contributed by atoms with Gasteiger partial charge in [0.25, 0.3) is 0 Å². The van der Waals surface area contributed by atoms with Crippen LogP contribution in [-0.2, 0) is 23.9 Å². The molecule has 0 heterocycles. The average molecular weight is 555 g/mol. The maximum absolute atomic E-state index is 13.6. The molecule has 222 valence electrons. The van der Waals surface area contributed by atoms with Gasteiger partial charge in [-0.05, 0) is 81.8 Å². The molecule has 3 rings (SSSR count). The van der Waals surface area contributed by atoms with Gasteiger partial charge in [0.15, 0.2) is 5.78 Å². The van der Waals surface area contributed by atoms with Crippen molar-refractivity contribution in [3.63, 3.8) is 0 Å². The van der Waals surface area contributed by atoms with Gasteiger partial charge in [0.2, 0.25) is 0 Å². The van der Waals surface area contributed by atoms with Crippen LogP contribution in [0.4, 0.5) is 0 Å². The molecular formula is C34H50O6. The number of carbonyl (C=O) groups is 3. The van der Waals surface area contributed by atoms with Gasteiger partial charge >= 0.3 is 11.9 Å². The first kappa shape index (κ1) is 32.0. The molecule has 0 aromatic carbocycles. The Labute approximate surface area is 241 Å². The van der Waals surface area contributed by atoms with E-state index in [0.717, 1.165) is 36.0 Å². The number of aliphatic hydroxyl groups is 1. The highest BCUT2D eigenvalue weighted by Crippen LogP contribution is 2.69. The van der Waals surface area contributed by atoms with Gasteiger partial charge in [0.05, 0.1) is 6.61 Å². The number of carbonyl (C=O) groups excluding carboxylic acids is 3. The van der Waals surface area contributed by atoms with Crippen molar-refractivity contribution in [3.8, 4) is 0 Å². The zero-order valence-corrected chi connectivity index (χ0v) is 26.1. The predicted octanol–water partition coefficient (Wildman–Crippen LogP) is 6.83. The first-order valence-corrected chi connectivity index (χ1v) is 14.8. The molecule has 6 heteroatoms. The van der Waals surface area contributed by atoms with Gasteiger partial charge in [-0.2, -0.15) is 0 Å². The van der Waals surface area contributed by atoms with Crippen LogP contribution in [-0.4, -0.2) is 41.6 Å². The monoisotopic (exact) mass is 554 g/mol. The van der Waals surface area contributed by atoms with Gasteiger partial charge in [-0.1, -0.05) is 50.6 Å². The number of hydrogen-bond acceptors (Lipinski definition) is 6. The van der Waals surface area contributed by atoms with Crippen molar-refractivity contribution in [1.82, 2.24) is 0 Å². The van der Waals surface area contributed by atoms with E-state index in [9.17, 15) is 19.5 Å². The first-order valence-electron chi connectivity index (χ1n) is 14.8. The molecule has 7 atom stereocenters. The molecule has 0 aromatic heterocycles. The van der Waals surface area contributed by atoms with Gasteiger partial charge in [-0.25, -0.2) is 0 Å². The second kappa shape index (κ2) is 12.2. The number of Topliss-reactive ketones (excluding diaryl/α,β-unsaturated/α-hetero) is 1. The number of allylic oxidation sites excluding steroid dienone is 6.